The highest BCUT2D eigenvalue weighted by atomic mass is 16.5. The number of hydrogen-bond donors (Lipinski definition) is 1. The van der Waals surface area contributed by atoms with Crippen molar-refractivity contribution in [1.82, 2.24) is 10.2 Å². The second-order valence-corrected chi connectivity index (χ2v) is 6.68. The van der Waals surface area contributed by atoms with E-state index < -0.39 is 0 Å². The van der Waals surface area contributed by atoms with Crippen LogP contribution >= 0.6 is 0 Å². The number of methoxy groups -OCH3 is 1. The Morgan fingerprint density at radius 3 is 2.50 bits per heavy atom. The molecule has 2 heterocycles. The summed E-state index contributed by atoms with van der Waals surface area (Å²) in [6.45, 7) is 10.4. The molecule has 1 aromatic rings. The first kappa shape index (κ1) is 15.5. The van der Waals surface area contributed by atoms with E-state index >= 15 is 0 Å². The molecule has 0 unspecified atom stereocenters. The monoisotopic (exact) mass is 280 g/mol. The second-order valence-electron chi connectivity index (χ2n) is 6.68. The number of nitrogens with one attached hydrogen (secondary N) is 1. The Bertz CT molecular complexity index is 401. The van der Waals surface area contributed by atoms with Crippen molar-refractivity contribution < 1.29 is 9.15 Å². The molecule has 1 fully saturated rings. The molecule has 0 aliphatic carbocycles. The summed E-state index contributed by atoms with van der Waals surface area (Å²) in [5.41, 5.74) is 0.120. The predicted molar refractivity (Wildman–Crippen MR) is 80.6 cm³/mol. The summed E-state index contributed by atoms with van der Waals surface area (Å²) in [6.07, 6.45) is 2.68. The van der Waals surface area contributed by atoms with Gasteiger partial charge in [0.2, 0.25) is 0 Å². The Morgan fingerprint density at radius 2 is 1.90 bits per heavy atom. The molecule has 20 heavy (non-hydrogen) atoms. The molecular formula is C16H28N2O2. The van der Waals surface area contributed by atoms with Crippen molar-refractivity contribution in [3.8, 4) is 0 Å². The molecular weight excluding hydrogens is 252 g/mol. The highest BCUT2D eigenvalue weighted by Crippen LogP contribution is 2.17. The molecule has 0 bridgehead atoms. The van der Waals surface area contributed by atoms with Crippen molar-refractivity contribution in [3.05, 3.63) is 23.7 Å². The van der Waals surface area contributed by atoms with Crippen molar-refractivity contribution in [2.75, 3.05) is 20.2 Å². The molecule has 1 aromatic heterocycles. The van der Waals surface area contributed by atoms with Gasteiger partial charge in [0.05, 0.1) is 19.2 Å². The highest BCUT2D eigenvalue weighted by molar-refractivity contribution is 5.07. The first-order valence-electron chi connectivity index (χ1n) is 7.54. The topological polar surface area (TPSA) is 37.6 Å². The Kier molecular flexibility index (Phi) is 5.24. The number of nitrogens with zero attached hydrogens (tertiary/aromatic N) is 1. The average Bonchev–Trinajstić information content (AvgIpc) is 2.84. The molecule has 1 aliphatic rings. The Hall–Kier alpha value is -0.840. The molecule has 0 amide bonds. The SMILES string of the molecule is COC1CCN(Cc2ccc(CNC(C)(C)C)o2)CC1. The van der Waals surface area contributed by atoms with Crippen LogP contribution in [0.5, 0.6) is 0 Å². The Morgan fingerprint density at radius 1 is 1.25 bits per heavy atom. The zero-order valence-electron chi connectivity index (χ0n) is 13.2. The van der Waals surface area contributed by atoms with Crippen LogP contribution in [0.1, 0.15) is 45.1 Å². The lowest BCUT2D eigenvalue weighted by Crippen LogP contribution is -2.36. The van der Waals surface area contributed by atoms with Gasteiger partial charge in [0.15, 0.2) is 0 Å². The third-order valence-electron chi connectivity index (χ3n) is 3.76. The van der Waals surface area contributed by atoms with Crippen LogP contribution in [-0.2, 0) is 17.8 Å². The summed E-state index contributed by atoms with van der Waals surface area (Å²) < 4.78 is 11.3. The molecule has 1 aliphatic heterocycles. The van der Waals surface area contributed by atoms with Gasteiger partial charge in [0, 0.05) is 25.7 Å². The van der Waals surface area contributed by atoms with Crippen LogP contribution in [0, 0.1) is 0 Å². The Balaban J connectivity index is 1.78. The minimum absolute atomic E-state index is 0.120. The summed E-state index contributed by atoms with van der Waals surface area (Å²) in [7, 11) is 1.81. The summed E-state index contributed by atoms with van der Waals surface area (Å²) in [6, 6.07) is 4.18. The molecule has 2 rings (SSSR count). The van der Waals surface area contributed by atoms with Gasteiger partial charge in [-0.15, -0.1) is 0 Å². The van der Waals surface area contributed by atoms with Crippen LogP contribution in [0.2, 0.25) is 0 Å². The maximum Gasteiger partial charge on any atom is 0.118 e. The van der Waals surface area contributed by atoms with Crippen LogP contribution in [-0.4, -0.2) is 36.7 Å². The van der Waals surface area contributed by atoms with Crippen molar-refractivity contribution in [2.24, 2.45) is 0 Å². The fraction of sp³-hybridized carbons (Fsp3) is 0.750. The standard InChI is InChI=1S/C16H28N2O2/c1-16(2,3)17-11-14-5-6-15(20-14)12-18-9-7-13(19-4)8-10-18/h5-6,13,17H,7-12H2,1-4H3. The normalized spacial score (nSPS) is 18.6. The van der Waals surface area contributed by atoms with E-state index in [4.69, 9.17) is 9.15 Å². The van der Waals surface area contributed by atoms with Gasteiger partial charge < -0.3 is 14.5 Å². The number of ether oxygens (including phenoxy) is 1. The van der Waals surface area contributed by atoms with E-state index in [0.717, 1.165) is 50.5 Å². The van der Waals surface area contributed by atoms with Gasteiger partial charge in [-0.2, -0.15) is 0 Å². The average molecular weight is 280 g/mol. The maximum atomic E-state index is 5.90. The van der Waals surface area contributed by atoms with Crippen molar-refractivity contribution in [2.45, 2.75) is 58.3 Å². The van der Waals surface area contributed by atoms with Crippen LogP contribution in [0.4, 0.5) is 0 Å². The number of hydrogen-bond acceptors (Lipinski definition) is 4. The van der Waals surface area contributed by atoms with E-state index in [2.05, 4.69) is 43.1 Å². The van der Waals surface area contributed by atoms with Crippen LogP contribution in [0.25, 0.3) is 0 Å². The minimum Gasteiger partial charge on any atom is -0.463 e. The van der Waals surface area contributed by atoms with Gasteiger partial charge in [0.25, 0.3) is 0 Å². The van der Waals surface area contributed by atoms with Crippen LogP contribution < -0.4 is 5.32 Å². The van der Waals surface area contributed by atoms with E-state index in [1.807, 2.05) is 0 Å². The molecule has 0 radical (unpaired) electrons. The summed E-state index contributed by atoms with van der Waals surface area (Å²) in [5.74, 6) is 2.08. The third-order valence-corrected chi connectivity index (χ3v) is 3.76. The fourth-order valence-electron chi connectivity index (χ4n) is 2.48. The first-order chi connectivity index (χ1) is 9.46. The molecule has 114 valence electrons. The van der Waals surface area contributed by atoms with E-state index in [-0.39, 0.29) is 5.54 Å². The predicted octanol–water partition coefficient (Wildman–Crippen LogP) is 2.78. The molecule has 1 saturated heterocycles. The molecule has 4 nitrogen and oxygen atoms in total. The molecule has 4 heteroatoms. The van der Waals surface area contributed by atoms with Crippen molar-refractivity contribution >= 4 is 0 Å². The smallest absolute Gasteiger partial charge is 0.118 e. The van der Waals surface area contributed by atoms with E-state index in [1.165, 1.54) is 0 Å². The quantitative estimate of drug-likeness (QED) is 0.900. The lowest BCUT2D eigenvalue weighted by atomic mass is 10.1. The van der Waals surface area contributed by atoms with Gasteiger partial charge in [-0.1, -0.05) is 0 Å². The van der Waals surface area contributed by atoms with Gasteiger partial charge in [0.1, 0.15) is 11.5 Å². The molecule has 0 aromatic carbocycles. The molecule has 0 atom stereocenters. The first-order valence-corrected chi connectivity index (χ1v) is 7.54. The van der Waals surface area contributed by atoms with Crippen molar-refractivity contribution in [1.29, 1.82) is 0 Å². The minimum atomic E-state index is 0.120. The highest BCUT2D eigenvalue weighted by Gasteiger charge is 2.19. The second kappa shape index (κ2) is 6.74. The number of furan rings is 1. The van der Waals surface area contributed by atoms with Crippen LogP contribution in [0.3, 0.4) is 0 Å². The number of likely N-dealkylation sites (tertiary alicyclic amines) is 1. The number of piperidine rings is 1. The summed E-state index contributed by atoms with van der Waals surface area (Å²) in [5, 5.41) is 3.44. The number of rotatable bonds is 5. The van der Waals surface area contributed by atoms with Gasteiger partial charge in [-0.25, -0.2) is 0 Å². The van der Waals surface area contributed by atoms with Gasteiger partial charge in [-0.05, 0) is 45.7 Å². The lowest BCUT2D eigenvalue weighted by molar-refractivity contribution is 0.0369. The van der Waals surface area contributed by atoms with Gasteiger partial charge >= 0.3 is 0 Å². The fourth-order valence-corrected chi connectivity index (χ4v) is 2.48. The molecule has 0 saturated carbocycles. The Labute approximate surface area is 122 Å². The molecule has 0 spiro atoms. The largest absolute Gasteiger partial charge is 0.463 e. The van der Waals surface area contributed by atoms with E-state index in [1.54, 1.807) is 7.11 Å². The van der Waals surface area contributed by atoms with Crippen LogP contribution in [0.15, 0.2) is 16.5 Å². The van der Waals surface area contributed by atoms with Gasteiger partial charge in [-0.3, -0.25) is 4.90 Å². The third kappa shape index (κ3) is 4.93. The zero-order valence-corrected chi connectivity index (χ0v) is 13.2. The zero-order chi connectivity index (χ0) is 14.6. The van der Waals surface area contributed by atoms with E-state index in [9.17, 15) is 0 Å². The molecule has 1 N–H and O–H groups in total. The van der Waals surface area contributed by atoms with E-state index in [0.29, 0.717) is 6.10 Å². The summed E-state index contributed by atoms with van der Waals surface area (Å²) in [4.78, 5) is 2.44. The lowest BCUT2D eigenvalue weighted by Gasteiger charge is -2.30. The van der Waals surface area contributed by atoms with Crippen molar-refractivity contribution in [3.63, 3.8) is 0 Å². The summed E-state index contributed by atoms with van der Waals surface area (Å²) >= 11 is 0. The maximum absolute atomic E-state index is 5.90.